The number of hydrogen-bond donors (Lipinski definition) is 2. The second-order valence-electron chi connectivity index (χ2n) is 3.93. The van der Waals surface area contributed by atoms with E-state index in [0.717, 1.165) is 6.54 Å². The second kappa shape index (κ2) is 4.98. The molecule has 3 nitrogen and oxygen atoms in total. The van der Waals surface area contributed by atoms with Gasteiger partial charge in [-0.15, -0.1) is 0 Å². The Bertz CT molecular complexity index is 326. The number of anilines is 2. The Hall–Kier alpha value is -1.29. The van der Waals surface area contributed by atoms with Crippen molar-refractivity contribution in [3.05, 3.63) is 24.0 Å². The lowest BCUT2D eigenvalue weighted by Crippen LogP contribution is -2.31. The topological polar surface area (TPSA) is 41.3 Å². The average molecular weight is 211 g/mol. The molecule has 84 valence electrons. The van der Waals surface area contributed by atoms with E-state index >= 15 is 0 Å². The number of rotatable bonds is 4. The number of nitrogens with zero attached hydrogens (tertiary/aromatic N) is 1. The standard InChI is InChI=1S/C11H18FN3/c1-8(15(2)3)7-14-11-6-9(12)4-5-10(11)13/h4-6,8,14H,7,13H2,1-3H3. The molecule has 1 rings (SSSR count). The van der Waals surface area contributed by atoms with Crippen LogP contribution in [0.3, 0.4) is 0 Å². The van der Waals surface area contributed by atoms with Crippen LogP contribution in [-0.4, -0.2) is 31.6 Å². The van der Waals surface area contributed by atoms with Crippen LogP contribution in [0.1, 0.15) is 6.92 Å². The summed E-state index contributed by atoms with van der Waals surface area (Å²) < 4.78 is 12.9. The maximum Gasteiger partial charge on any atom is 0.125 e. The molecule has 1 aromatic rings. The van der Waals surface area contributed by atoms with Crippen molar-refractivity contribution in [1.29, 1.82) is 0 Å². The van der Waals surface area contributed by atoms with E-state index in [-0.39, 0.29) is 5.82 Å². The van der Waals surface area contributed by atoms with Crippen LogP contribution in [0.25, 0.3) is 0 Å². The molecule has 0 heterocycles. The van der Waals surface area contributed by atoms with Crippen LogP contribution >= 0.6 is 0 Å². The highest BCUT2D eigenvalue weighted by Gasteiger charge is 2.05. The van der Waals surface area contributed by atoms with Crippen molar-refractivity contribution in [3.8, 4) is 0 Å². The molecule has 0 spiro atoms. The molecular formula is C11H18FN3. The Kier molecular flexibility index (Phi) is 3.91. The summed E-state index contributed by atoms with van der Waals surface area (Å²) >= 11 is 0. The van der Waals surface area contributed by atoms with E-state index in [0.29, 0.717) is 17.4 Å². The summed E-state index contributed by atoms with van der Waals surface area (Å²) in [6, 6.07) is 4.71. The smallest absolute Gasteiger partial charge is 0.125 e. The van der Waals surface area contributed by atoms with Gasteiger partial charge in [0.1, 0.15) is 5.82 Å². The summed E-state index contributed by atoms with van der Waals surface area (Å²) in [5.41, 5.74) is 6.94. The van der Waals surface area contributed by atoms with Crippen LogP contribution in [0.4, 0.5) is 15.8 Å². The van der Waals surface area contributed by atoms with Gasteiger partial charge >= 0.3 is 0 Å². The minimum atomic E-state index is -0.274. The summed E-state index contributed by atoms with van der Waals surface area (Å²) in [5, 5.41) is 3.13. The Morgan fingerprint density at radius 3 is 2.73 bits per heavy atom. The van der Waals surface area contributed by atoms with Gasteiger partial charge in [0.05, 0.1) is 11.4 Å². The van der Waals surface area contributed by atoms with Crippen molar-refractivity contribution in [1.82, 2.24) is 4.90 Å². The fourth-order valence-corrected chi connectivity index (χ4v) is 1.12. The number of nitrogens with one attached hydrogen (secondary N) is 1. The molecule has 1 unspecified atom stereocenters. The zero-order valence-electron chi connectivity index (χ0n) is 9.42. The van der Waals surface area contributed by atoms with Crippen LogP contribution in [0.5, 0.6) is 0 Å². The van der Waals surface area contributed by atoms with Crippen LogP contribution in [0, 0.1) is 5.82 Å². The van der Waals surface area contributed by atoms with Crippen LogP contribution in [-0.2, 0) is 0 Å². The molecule has 4 heteroatoms. The summed E-state index contributed by atoms with van der Waals surface area (Å²) in [4.78, 5) is 2.09. The third-order valence-electron chi connectivity index (χ3n) is 2.48. The van der Waals surface area contributed by atoms with Crippen LogP contribution in [0.15, 0.2) is 18.2 Å². The van der Waals surface area contributed by atoms with Gasteiger partial charge in [0.25, 0.3) is 0 Å². The first-order valence-corrected chi connectivity index (χ1v) is 4.96. The van der Waals surface area contributed by atoms with Gasteiger partial charge in [0.15, 0.2) is 0 Å². The van der Waals surface area contributed by atoms with E-state index in [2.05, 4.69) is 17.1 Å². The van der Waals surface area contributed by atoms with Gasteiger partial charge in [0.2, 0.25) is 0 Å². The quantitative estimate of drug-likeness (QED) is 0.746. The number of benzene rings is 1. The lowest BCUT2D eigenvalue weighted by atomic mass is 10.2. The summed E-state index contributed by atoms with van der Waals surface area (Å²) in [5.74, 6) is -0.274. The highest BCUT2D eigenvalue weighted by Crippen LogP contribution is 2.19. The SMILES string of the molecule is CC(CNc1cc(F)ccc1N)N(C)C. The van der Waals surface area contributed by atoms with Crippen molar-refractivity contribution >= 4 is 11.4 Å². The van der Waals surface area contributed by atoms with E-state index in [4.69, 9.17) is 5.73 Å². The fraction of sp³-hybridized carbons (Fsp3) is 0.455. The number of halogens is 1. The van der Waals surface area contributed by atoms with Gasteiger partial charge in [-0.05, 0) is 39.2 Å². The molecule has 0 aromatic heterocycles. The molecule has 0 aliphatic rings. The lowest BCUT2D eigenvalue weighted by Gasteiger charge is -2.21. The summed E-state index contributed by atoms with van der Waals surface area (Å²) in [7, 11) is 4.00. The van der Waals surface area contributed by atoms with Crippen molar-refractivity contribution in [3.63, 3.8) is 0 Å². The van der Waals surface area contributed by atoms with Crippen molar-refractivity contribution < 1.29 is 4.39 Å². The number of nitrogen functional groups attached to an aromatic ring is 1. The molecule has 15 heavy (non-hydrogen) atoms. The van der Waals surface area contributed by atoms with Crippen molar-refractivity contribution in [2.45, 2.75) is 13.0 Å². The minimum absolute atomic E-state index is 0.274. The Morgan fingerprint density at radius 2 is 2.13 bits per heavy atom. The average Bonchev–Trinajstić information content (AvgIpc) is 2.18. The lowest BCUT2D eigenvalue weighted by molar-refractivity contribution is 0.326. The van der Waals surface area contributed by atoms with E-state index in [1.165, 1.54) is 12.1 Å². The highest BCUT2D eigenvalue weighted by molar-refractivity contribution is 5.65. The van der Waals surface area contributed by atoms with Gasteiger partial charge in [0, 0.05) is 12.6 Å². The normalized spacial score (nSPS) is 12.9. The molecule has 0 saturated carbocycles. The third kappa shape index (κ3) is 3.40. The molecule has 1 atom stereocenters. The molecular weight excluding hydrogens is 193 g/mol. The minimum Gasteiger partial charge on any atom is -0.397 e. The monoisotopic (exact) mass is 211 g/mol. The van der Waals surface area contributed by atoms with Crippen molar-refractivity contribution in [2.24, 2.45) is 0 Å². The molecule has 3 N–H and O–H groups in total. The van der Waals surface area contributed by atoms with E-state index in [1.807, 2.05) is 14.1 Å². The van der Waals surface area contributed by atoms with Gasteiger partial charge in [-0.3, -0.25) is 0 Å². The Labute approximate surface area is 90.1 Å². The number of nitrogens with two attached hydrogens (primary N) is 1. The highest BCUT2D eigenvalue weighted by atomic mass is 19.1. The van der Waals surface area contributed by atoms with E-state index in [9.17, 15) is 4.39 Å². The molecule has 0 amide bonds. The molecule has 0 aliphatic carbocycles. The molecule has 0 bridgehead atoms. The predicted octanol–water partition coefficient (Wildman–Crippen LogP) is 1.77. The first-order valence-electron chi connectivity index (χ1n) is 4.96. The second-order valence-corrected chi connectivity index (χ2v) is 3.93. The molecule has 1 aromatic carbocycles. The summed E-state index contributed by atoms with van der Waals surface area (Å²) in [6.45, 7) is 2.82. The number of hydrogen-bond acceptors (Lipinski definition) is 3. The maximum atomic E-state index is 12.9. The third-order valence-corrected chi connectivity index (χ3v) is 2.48. The Balaban J connectivity index is 2.61. The zero-order chi connectivity index (χ0) is 11.4. The molecule has 0 fully saturated rings. The largest absolute Gasteiger partial charge is 0.397 e. The van der Waals surface area contributed by atoms with E-state index in [1.54, 1.807) is 6.07 Å². The first kappa shape index (κ1) is 11.8. The first-order chi connectivity index (χ1) is 7.00. The van der Waals surface area contributed by atoms with Gasteiger partial charge < -0.3 is 16.0 Å². The summed E-state index contributed by atoms with van der Waals surface area (Å²) in [6.07, 6.45) is 0. The maximum absolute atomic E-state index is 12.9. The van der Waals surface area contributed by atoms with Crippen LogP contribution in [0.2, 0.25) is 0 Å². The molecule has 0 radical (unpaired) electrons. The molecule has 0 aliphatic heterocycles. The van der Waals surface area contributed by atoms with Gasteiger partial charge in [-0.1, -0.05) is 0 Å². The van der Waals surface area contributed by atoms with Gasteiger partial charge in [-0.25, -0.2) is 4.39 Å². The van der Waals surface area contributed by atoms with Gasteiger partial charge in [-0.2, -0.15) is 0 Å². The molecule has 0 saturated heterocycles. The van der Waals surface area contributed by atoms with Crippen LogP contribution < -0.4 is 11.1 Å². The van der Waals surface area contributed by atoms with E-state index < -0.39 is 0 Å². The fourth-order valence-electron chi connectivity index (χ4n) is 1.12. The zero-order valence-corrected chi connectivity index (χ0v) is 9.42. The number of likely N-dealkylation sites (N-methyl/N-ethyl adjacent to an activating group) is 1. The van der Waals surface area contributed by atoms with Crippen molar-refractivity contribution in [2.75, 3.05) is 31.7 Å². The predicted molar refractivity (Wildman–Crippen MR) is 62.5 cm³/mol. The Morgan fingerprint density at radius 1 is 1.47 bits per heavy atom.